The van der Waals surface area contributed by atoms with Crippen molar-refractivity contribution in [1.29, 1.82) is 0 Å². The molecule has 0 aromatic rings. The highest BCUT2D eigenvalue weighted by Gasteiger charge is 2.07. The summed E-state index contributed by atoms with van der Waals surface area (Å²) in [4.78, 5) is 20.5. The van der Waals surface area contributed by atoms with Crippen molar-refractivity contribution in [2.75, 3.05) is 0 Å². The first-order valence-corrected chi connectivity index (χ1v) is 14.0. The Bertz CT molecular complexity index is 438. The summed E-state index contributed by atoms with van der Waals surface area (Å²) in [6.45, 7) is 2.30. The van der Waals surface area contributed by atoms with Gasteiger partial charge in [0.05, 0.1) is 0 Å². The lowest BCUT2D eigenvalue weighted by Crippen LogP contribution is -2.01. The Hall–Kier alpha value is -1.18. The summed E-state index contributed by atoms with van der Waals surface area (Å²) in [5, 5.41) is 0. The Kier molecular flexibility index (Phi) is 26.8. The average Bonchev–Trinajstić information content (AvgIpc) is 2.80. The molecule has 0 rings (SSSR count). The van der Waals surface area contributed by atoms with Crippen LogP contribution in [0.1, 0.15) is 148 Å². The fourth-order valence-corrected chi connectivity index (χ4v) is 4.43. The summed E-state index contributed by atoms with van der Waals surface area (Å²) in [5.41, 5.74) is 0. The minimum Gasteiger partial charge on any atom is -0.303 e. The Morgan fingerprint density at radius 1 is 0.500 bits per heavy atom. The zero-order valence-corrected chi connectivity index (χ0v) is 21.4. The number of unbranched alkanes of at least 4 members (excludes halogenated alkanes) is 15. The van der Waals surface area contributed by atoms with Crippen molar-refractivity contribution in [3.05, 3.63) is 24.3 Å². The van der Waals surface area contributed by atoms with Crippen LogP contribution < -0.4 is 0 Å². The number of hydrogen-bond donors (Lipinski definition) is 0. The zero-order chi connectivity index (χ0) is 23.4. The first-order chi connectivity index (χ1) is 15.8. The maximum atomic E-state index is 10.3. The molecular weight excluding hydrogens is 392 g/mol. The van der Waals surface area contributed by atoms with Crippen LogP contribution in [0.3, 0.4) is 0 Å². The molecule has 0 amide bonds. The zero-order valence-electron chi connectivity index (χ0n) is 21.4. The quantitative estimate of drug-likeness (QED) is 0.0573. The lowest BCUT2D eigenvalue weighted by atomic mass is 9.90. The monoisotopic (exact) mass is 446 g/mol. The number of carbonyl (C=O) groups excluding carboxylic acids is 2. The van der Waals surface area contributed by atoms with Gasteiger partial charge in [0.25, 0.3) is 0 Å². The maximum absolute atomic E-state index is 10.3. The SMILES string of the molecule is CCCCCC(CCC=CCCCCCC=O)CCCCCCCCCCCC=CC=O. The second-order valence-electron chi connectivity index (χ2n) is 9.54. The van der Waals surface area contributed by atoms with Gasteiger partial charge in [-0.25, -0.2) is 0 Å². The van der Waals surface area contributed by atoms with Crippen molar-refractivity contribution in [2.45, 2.75) is 148 Å². The molecule has 0 aromatic heterocycles. The highest BCUT2D eigenvalue weighted by atomic mass is 16.1. The second kappa shape index (κ2) is 27.9. The lowest BCUT2D eigenvalue weighted by Gasteiger charge is -2.16. The molecule has 0 spiro atoms. The number of aldehydes is 2. The van der Waals surface area contributed by atoms with Gasteiger partial charge < -0.3 is 4.79 Å². The summed E-state index contributed by atoms with van der Waals surface area (Å²) < 4.78 is 0. The van der Waals surface area contributed by atoms with Gasteiger partial charge in [0.2, 0.25) is 0 Å². The van der Waals surface area contributed by atoms with E-state index in [9.17, 15) is 9.59 Å². The molecule has 0 aliphatic rings. The summed E-state index contributed by atoms with van der Waals surface area (Å²) in [6.07, 6.45) is 38.6. The Morgan fingerprint density at radius 2 is 1.00 bits per heavy atom. The van der Waals surface area contributed by atoms with Gasteiger partial charge in [0, 0.05) is 6.42 Å². The Balaban J connectivity index is 3.69. The molecular formula is C30H54O2. The van der Waals surface area contributed by atoms with E-state index in [1.54, 1.807) is 6.08 Å². The lowest BCUT2D eigenvalue weighted by molar-refractivity contribution is -0.108. The molecule has 2 heteroatoms. The van der Waals surface area contributed by atoms with Gasteiger partial charge in [-0.3, -0.25) is 4.79 Å². The Morgan fingerprint density at radius 3 is 1.62 bits per heavy atom. The molecule has 0 bridgehead atoms. The fourth-order valence-electron chi connectivity index (χ4n) is 4.43. The van der Waals surface area contributed by atoms with E-state index < -0.39 is 0 Å². The van der Waals surface area contributed by atoms with Crippen LogP contribution >= 0.6 is 0 Å². The number of rotatable bonds is 26. The first-order valence-electron chi connectivity index (χ1n) is 14.0. The number of hydrogen-bond acceptors (Lipinski definition) is 2. The minimum atomic E-state index is 0.728. The molecule has 0 aromatic carbocycles. The van der Waals surface area contributed by atoms with Crippen LogP contribution in [0.5, 0.6) is 0 Å². The molecule has 32 heavy (non-hydrogen) atoms. The van der Waals surface area contributed by atoms with Crippen LogP contribution in [0.15, 0.2) is 24.3 Å². The average molecular weight is 447 g/mol. The van der Waals surface area contributed by atoms with E-state index >= 15 is 0 Å². The molecule has 1 atom stereocenters. The van der Waals surface area contributed by atoms with Gasteiger partial charge in [-0.2, -0.15) is 0 Å². The molecule has 0 N–H and O–H groups in total. The van der Waals surface area contributed by atoms with Crippen LogP contribution in [0.4, 0.5) is 0 Å². The van der Waals surface area contributed by atoms with Gasteiger partial charge in [0.1, 0.15) is 12.6 Å². The van der Waals surface area contributed by atoms with Crippen molar-refractivity contribution in [3.63, 3.8) is 0 Å². The highest BCUT2D eigenvalue weighted by Crippen LogP contribution is 2.23. The molecule has 0 fully saturated rings. The van der Waals surface area contributed by atoms with Crippen molar-refractivity contribution >= 4 is 12.6 Å². The maximum Gasteiger partial charge on any atom is 0.142 e. The van der Waals surface area contributed by atoms with Crippen molar-refractivity contribution in [1.82, 2.24) is 0 Å². The van der Waals surface area contributed by atoms with Crippen LogP contribution in [-0.4, -0.2) is 12.6 Å². The van der Waals surface area contributed by atoms with Crippen molar-refractivity contribution < 1.29 is 9.59 Å². The topological polar surface area (TPSA) is 34.1 Å². The van der Waals surface area contributed by atoms with E-state index in [2.05, 4.69) is 19.1 Å². The third kappa shape index (κ3) is 25.1. The third-order valence-electron chi connectivity index (χ3n) is 6.51. The van der Waals surface area contributed by atoms with E-state index in [4.69, 9.17) is 0 Å². The van der Waals surface area contributed by atoms with Gasteiger partial charge >= 0.3 is 0 Å². The third-order valence-corrected chi connectivity index (χ3v) is 6.51. The van der Waals surface area contributed by atoms with Crippen LogP contribution in [0.25, 0.3) is 0 Å². The van der Waals surface area contributed by atoms with Crippen molar-refractivity contribution in [3.8, 4) is 0 Å². The van der Waals surface area contributed by atoms with Gasteiger partial charge in [-0.05, 0) is 56.9 Å². The first kappa shape index (κ1) is 30.8. The molecule has 0 saturated carbocycles. The molecule has 2 nitrogen and oxygen atoms in total. The molecule has 1 unspecified atom stereocenters. The predicted octanol–water partition coefficient (Wildman–Crippen LogP) is 9.71. The van der Waals surface area contributed by atoms with Crippen molar-refractivity contribution in [2.24, 2.45) is 5.92 Å². The second-order valence-corrected chi connectivity index (χ2v) is 9.54. The van der Waals surface area contributed by atoms with E-state index in [0.29, 0.717) is 0 Å². The molecule has 0 heterocycles. The summed E-state index contributed by atoms with van der Waals surface area (Å²) in [7, 11) is 0. The smallest absolute Gasteiger partial charge is 0.142 e. The molecule has 186 valence electrons. The normalized spacial score (nSPS) is 12.7. The predicted molar refractivity (Wildman–Crippen MR) is 141 cm³/mol. The largest absolute Gasteiger partial charge is 0.303 e. The van der Waals surface area contributed by atoms with Crippen LogP contribution in [-0.2, 0) is 9.59 Å². The number of carbonyl (C=O) groups is 2. The highest BCUT2D eigenvalue weighted by molar-refractivity contribution is 5.64. The van der Waals surface area contributed by atoms with E-state index in [1.807, 2.05) is 6.08 Å². The summed E-state index contributed by atoms with van der Waals surface area (Å²) in [5.74, 6) is 0.923. The summed E-state index contributed by atoms with van der Waals surface area (Å²) in [6, 6.07) is 0. The Labute approximate surface area is 200 Å². The van der Waals surface area contributed by atoms with E-state index in [0.717, 1.165) is 37.8 Å². The molecule has 0 aliphatic heterocycles. The van der Waals surface area contributed by atoms with Crippen LogP contribution in [0.2, 0.25) is 0 Å². The van der Waals surface area contributed by atoms with Crippen LogP contribution in [0, 0.1) is 5.92 Å². The van der Waals surface area contributed by atoms with E-state index in [1.165, 1.54) is 122 Å². The fraction of sp³-hybridized carbons (Fsp3) is 0.800. The van der Waals surface area contributed by atoms with Gasteiger partial charge in [-0.1, -0.05) is 115 Å². The number of allylic oxidation sites excluding steroid dienone is 4. The van der Waals surface area contributed by atoms with Gasteiger partial charge in [0.15, 0.2) is 0 Å². The molecule has 0 saturated heterocycles. The van der Waals surface area contributed by atoms with Gasteiger partial charge in [-0.15, -0.1) is 0 Å². The molecule has 0 aliphatic carbocycles. The standard InChI is InChI=1S/C30H54O2/c1-2-3-20-25-30(27-22-17-13-9-11-15-19-24-29-32)26-21-16-12-8-6-4-5-7-10-14-18-23-28-31/h13,17-18,23,28-30H,2-12,14-16,19-22,24-27H2,1H3. The minimum absolute atomic E-state index is 0.728. The summed E-state index contributed by atoms with van der Waals surface area (Å²) >= 11 is 0. The van der Waals surface area contributed by atoms with E-state index in [-0.39, 0.29) is 0 Å². The molecule has 0 radical (unpaired) electrons.